The number of hydrogen-bond acceptors (Lipinski definition) is 4. The van der Waals surface area contributed by atoms with Crippen molar-refractivity contribution < 1.29 is 23.9 Å². The van der Waals surface area contributed by atoms with Crippen molar-refractivity contribution >= 4 is 20.3 Å². The SMILES string of the molecule is COCCC[Si](C)(OC(=O)/C=C\C(=O)O)C(C)(C)C. The van der Waals surface area contributed by atoms with Crippen molar-refractivity contribution in [2.24, 2.45) is 0 Å². The van der Waals surface area contributed by atoms with E-state index in [0.717, 1.165) is 24.6 Å². The number of aliphatic carboxylic acids is 1. The number of carboxylic acids is 1. The van der Waals surface area contributed by atoms with Gasteiger partial charge < -0.3 is 14.3 Å². The Kier molecular flexibility index (Phi) is 7.00. The standard InChI is InChI=1S/C13H24O5Si/c1-13(2,3)19(5,10-6-9-17-4)18-12(16)8-7-11(14)15/h7-8H,6,9-10H2,1-5H3,(H,14,15)/b8-7-. The van der Waals surface area contributed by atoms with Crippen LogP contribution in [0.1, 0.15) is 27.2 Å². The number of carbonyl (C=O) groups is 2. The summed E-state index contributed by atoms with van der Waals surface area (Å²) in [4.78, 5) is 22.1. The van der Waals surface area contributed by atoms with E-state index < -0.39 is 20.3 Å². The van der Waals surface area contributed by atoms with Crippen LogP contribution in [-0.2, 0) is 18.8 Å². The zero-order valence-electron chi connectivity index (χ0n) is 12.4. The predicted molar refractivity (Wildman–Crippen MR) is 75.5 cm³/mol. The minimum absolute atomic E-state index is 0.118. The summed E-state index contributed by atoms with van der Waals surface area (Å²) in [6.07, 6.45) is 2.59. The number of carboxylic acid groups (broad SMARTS) is 1. The Morgan fingerprint density at radius 3 is 2.26 bits per heavy atom. The summed E-state index contributed by atoms with van der Waals surface area (Å²) < 4.78 is 10.6. The Bertz CT molecular complexity index is 345. The third kappa shape index (κ3) is 6.54. The second-order valence-electron chi connectivity index (χ2n) is 5.67. The lowest BCUT2D eigenvalue weighted by molar-refractivity contribution is -0.133. The average molecular weight is 288 g/mol. The maximum Gasteiger partial charge on any atom is 0.328 e. The third-order valence-electron chi connectivity index (χ3n) is 3.28. The van der Waals surface area contributed by atoms with Gasteiger partial charge in [-0.15, -0.1) is 0 Å². The van der Waals surface area contributed by atoms with E-state index in [-0.39, 0.29) is 5.04 Å². The topological polar surface area (TPSA) is 72.8 Å². The van der Waals surface area contributed by atoms with Crippen LogP contribution in [0, 0.1) is 0 Å². The van der Waals surface area contributed by atoms with Gasteiger partial charge in [0.25, 0.3) is 8.32 Å². The number of ether oxygens (including phenoxy) is 1. The van der Waals surface area contributed by atoms with Crippen LogP contribution in [0.2, 0.25) is 17.6 Å². The van der Waals surface area contributed by atoms with E-state index in [9.17, 15) is 9.59 Å². The molecule has 1 atom stereocenters. The smallest absolute Gasteiger partial charge is 0.328 e. The van der Waals surface area contributed by atoms with Crippen molar-refractivity contribution in [2.45, 2.75) is 44.8 Å². The number of carbonyl (C=O) groups excluding carboxylic acids is 1. The lowest BCUT2D eigenvalue weighted by Crippen LogP contribution is -2.45. The van der Waals surface area contributed by atoms with Gasteiger partial charge in [0.05, 0.1) is 0 Å². The van der Waals surface area contributed by atoms with E-state index in [1.165, 1.54) is 0 Å². The summed E-state index contributed by atoms with van der Waals surface area (Å²) in [5.74, 6) is -1.74. The summed E-state index contributed by atoms with van der Waals surface area (Å²) in [5.41, 5.74) is 0. The first-order valence-corrected chi connectivity index (χ1v) is 8.87. The molecule has 0 bridgehead atoms. The molecule has 19 heavy (non-hydrogen) atoms. The average Bonchev–Trinajstić information content (AvgIpc) is 2.25. The predicted octanol–water partition coefficient (Wildman–Crippen LogP) is 2.58. The minimum atomic E-state index is -2.30. The summed E-state index contributed by atoms with van der Waals surface area (Å²) in [6, 6.07) is 0.789. The molecule has 0 fully saturated rings. The quantitative estimate of drug-likeness (QED) is 0.443. The van der Waals surface area contributed by atoms with Gasteiger partial charge >= 0.3 is 11.9 Å². The van der Waals surface area contributed by atoms with E-state index in [1.54, 1.807) is 7.11 Å². The van der Waals surface area contributed by atoms with Crippen LogP contribution in [-0.4, -0.2) is 39.1 Å². The van der Waals surface area contributed by atoms with Crippen molar-refractivity contribution in [3.05, 3.63) is 12.2 Å². The summed E-state index contributed by atoms with van der Waals surface area (Å²) >= 11 is 0. The zero-order chi connectivity index (χ0) is 15.1. The largest absolute Gasteiger partial charge is 0.516 e. The Labute approximate surface area is 115 Å². The van der Waals surface area contributed by atoms with Gasteiger partial charge in [0.15, 0.2) is 0 Å². The van der Waals surface area contributed by atoms with Crippen molar-refractivity contribution in [2.75, 3.05) is 13.7 Å². The molecule has 1 unspecified atom stereocenters. The van der Waals surface area contributed by atoms with Gasteiger partial charge in [-0.25, -0.2) is 9.59 Å². The van der Waals surface area contributed by atoms with Gasteiger partial charge in [-0.05, 0) is 24.1 Å². The first kappa shape index (κ1) is 17.9. The molecule has 5 nitrogen and oxygen atoms in total. The summed E-state index contributed by atoms with van der Waals surface area (Å²) in [7, 11) is -0.661. The number of hydrogen-bond donors (Lipinski definition) is 1. The van der Waals surface area contributed by atoms with E-state index in [2.05, 4.69) is 0 Å². The van der Waals surface area contributed by atoms with Crippen molar-refractivity contribution in [1.29, 1.82) is 0 Å². The highest BCUT2D eigenvalue weighted by molar-refractivity contribution is 6.76. The molecule has 1 N–H and O–H groups in total. The fourth-order valence-electron chi connectivity index (χ4n) is 1.53. The molecule has 0 saturated carbocycles. The molecular formula is C13H24O5Si. The van der Waals surface area contributed by atoms with Crippen LogP contribution >= 0.6 is 0 Å². The molecule has 0 aliphatic rings. The van der Waals surface area contributed by atoms with Crippen LogP contribution in [0.25, 0.3) is 0 Å². The minimum Gasteiger partial charge on any atom is -0.516 e. The maximum atomic E-state index is 11.7. The van der Waals surface area contributed by atoms with E-state index in [0.29, 0.717) is 6.61 Å². The Morgan fingerprint density at radius 2 is 1.84 bits per heavy atom. The molecule has 0 amide bonds. The lowest BCUT2D eigenvalue weighted by atomic mass is 10.2. The van der Waals surface area contributed by atoms with Gasteiger partial charge in [-0.1, -0.05) is 20.8 Å². The van der Waals surface area contributed by atoms with E-state index in [1.807, 2.05) is 27.3 Å². The highest BCUT2D eigenvalue weighted by atomic mass is 28.4. The molecule has 0 aromatic heterocycles. The van der Waals surface area contributed by atoms with Gasteiger partial charge in [0.1, 0.15) is 0 Å². The number of methoxy groups -OCH3 is 1. The van der Waals surface area contributed by atoms with Gasteiger partial charge in [-0.2, -0.15) is 0 Å². The van der Waals surface area contributed by atoms with Crippen molar-refractivity contribution in [3.63, 3.8) is 0 Å². The van der Waals surface area contributed by atoms with Crippen LogP contribution in [0.4, 0.5) is 0 Å². The molecule has 0 aromatic carbocycles. The molecule has 0 aliphatic carbocycles. The second-order valence-corrected chi connectivity index (χ2v) is 10.3. The summed E-state index contributed by atoms with van der Waals surface area (Å²) in [6.45, 7) is 8.75. The molecule has 0 heterocycles. The van der Waals surface area contributed by atoms with Crippen LogP contribution in [0.3, 0.4) is 0 Å². The zero-order valence-corrected chi connectivity index (χ0v) is 13.4. The molecule has 0 aliphatic heterocycles. The first-order valence-electron chi connectivity index (χ1n) is 6.25. The van der Waals surface area contributed by atoms with E-state index >= 15 is 0 Å². The molecule has 110 valence electrons. The molecule has 0 rings (SSSR count). The maximum absolute atomic E-state index is 11.7. The number of rotatable bonds is 7. The van der Waals surface area contributed by atoms with Gasteiger partial charge in [0.2, 0.25) is 0 Å². The van der Waals surface area contributed by atoms with E-state index in [4.69, 9.17) is 14.3 Å². The monoisotopic (exact) mass is 288 g/mol. The first-order chi connectivity index (χ1) is 8.62. The lowest BCUT2D eigenvalue weighted by Gasteiger charge is -2.38. The van der Waals surface area contributed by atoms with Gasteiger partial charge in [0, 0.05) is 25.9 Å². The van der Waals surface area contributed by atoms with Crippen LogP contribution in [0.5, 0.6) is 0 Å². The van der Waals surface area contributed by atoms with Crippen LogP contribution in [0.15, 0.2) is 12.2 Å². The third-order valence-corrected chi connectivity index (χ3v) is 8.41. The van der Waals surface area contributed by atoms with Crippen molar-refractivity contribution in [1.82, 2.24) is 0 Å². The highest BCUT2D eigenvalue weighted by Gasteiger charge is 2.44. The Balaban J connectivity index is 4.77. The molecule has 6 heteroatoms. The molecule has 0 saturated heterocycles. The molecule has 0 aromatic rings. The Morgan fingerprint density at radius 1 is 1.26 bits per heavy atom. The second kappa shape index (κ2) is 7.45. The highest BCUT2D eigenvalue weighted by Crippen LogP contribution is 2.40. The van der Waals surface area contributed by atoms with Crippen molar-refractivity contribution in [3.8, 4) is 0 Å². The normalized spacial score (nSPS) is 15.2. The fraction of sp³-hybridized carbons (Fsp3) is 0.692. The molecular weight excluding hydrogens is 264 g/mol. The molecule has 0 spiro atoms. The van der Waals surface area contributed by atoms with Gasteiger partial charge in [-0.3, -0.25) is 0 Å². The Hall–Kier alpha value is -1.14. The van der Waals surface area contributed by atoms with Crippen LogP contribution < -0.4 is 0 Å². The fourth-order valence-corrected chi connectivity index (χ4v) is 4.02. The summed E-state index contributed by atoms with van der Waals surface area (Å²) in [5, 5.41) is 8.38. The molecule has 0 radical (unpaired) electrons.